The zero-order chi connectivity index (χ0) is 23.8. The summed E-state index contributed by atoms with van der Waals surface area (Å²) in [5.74, 6) is -0.532. The summed E-state index contributed by atoms with van der Waals surface area (Å²) in [6.07, 6.45) is 1.94. The van der Waals surface area contributed by atoms with E-state index in [0.717, 1.165) is 0 Å². The van der Waals surface area contributed by atoms with Crippen LogP contribution in [0.5, 0.6) is 0 Å². The molecule has 0 saturated carbocycles. The maximum Gasteiger partial charge on any atom is 0.485 e. The zero-order valence-corrected chi connectivity index (χ0v) is 21.0. The van der Waals surface area contributed by atoms with E-state index in [4.69, 9.17) is 26.9 Å². The lowest BCUT2D eigenvalue weighted by Crippen LogP contribution is -2.47. The predicted octanol–water partition coefficient (Wildman–Crippen LogP) is 3.84. The number of ether oxygens (including phenoxy) is 2. The van der Waals surface area contributed by atoms with Crippen molar-refractivity contribution in [1.82, 2.24) is 0 Å². The van der Waals surface area contributed by atoms with Crippen LogP contribution in [-0.2, 0) is 31.1 Å². The van der Waals surface area contributed by atoms with Crippen LogP contribution < -0.4 is 4.57 Å². The molecule has 0 N–H and O–H groups in total. The van der Waals surface area contributed by atoms with Crippen LogP contribution in [0.25, 0.3) is 0 Å². The molecule has 2 rings (SSSR count). The lowest BCUT2D eigenvalue weighted by Gasteiger charge is -2.39. The molecule has 1 aliphatic rings. The van der Waals surface area contributed by atoms with Gasteiger partial charge in [0.2, 0.25) is 0 Å². The fraction of sp³-hybridized carbons (Fsp3) is 0.824. The van der Waals surface area contributed by atoms with Crippen LogP contribution in [0.2, 0.25) is 18.1 Å². The van der Waals surface area contributed by atoms with Crippen LogP contribution in [0, 0.1) is 0 Å². The number of hydrogen-bond donors (Lipinski definition) is 0. The molecule has 0 amide bonds. The smallest absolute Gasteiger partial charge is 0.485 e. The van der Waals surface area contributed by atoms with E-state index in [9.17, 15) is 13.2 Å². The second-order valence-electron chi connectivity index (χ2n) is 8.92. The Hall–Kier alpha value is -0.573. The first-order valence-electron chi connectivity index (χ1n) is 9.13. The summed E-state index contributed by atoms with van der Waals surface area (Å²) in [4.78, 5) is 0. The molecule has 0 aromatic carbocycles. The first-order chi connectivity index (χ1) is 13.2. The van der Waals surface area contributed by atoms with Gasteiger partial charge in [0.1, 0.15) is 13.2 Å². The molecule has 1 aliphatic heterocycles. The average Bonchev–Trinajstić information content (AvgIpc) is 3.08. The van der Waals surface area contributed by atoms with Gasteiger partial charge in [-0.3, -0.25) is 0 Å². The van der Waals surface area contributed by atoms with E-state index in [2.05, 4.69) is 57.1 Å². The van der Waals surface area contributed by atoms with Gasteiger partial charge in [-0.05, 0) is 32.0 Å². The van der Waals surface area contributed by atoms with Crippen molar-refractivity contribution in [2.45, 2.75) is 76.3 Å². The van der Waals surface area contributed by atoms with Crippen LogP contribution >= 0.6 is 11.3 Å². The Morgan fingerprint density at radius 2 is 1.83 bits per heavy atom. The van der Waals surface area contributed by atoms with Crippen LogP contribution in [0.4, 0.5) is 13.2 Å². The fourth-order valence-electron chi connectivity index (χ4n) is 2.26. The van der Waals surface area contributed by atoms with Gasteiger partial charge in [0.25, 0.3) is 5.01 Å². The van der Waals surface area contributed by atoms with E-state index in [0.29, 0.717) is 6.61 Å². The summed E-state index contributed by atoms with van der Waals surface area (Å²) < 4.78 is 79.7. The van der Waals surface area contributed by atoms with Crippen molar-refractivity contribution in [3.05, 3.63) is 16.6 Å². The molecule has 176 valence electrons. The second-order valence-corrected chi connectivity index (χ2v) is 16.0. The van der Waals surface area contributed by atoms with Crippen LogP contribution in [0.3, 0.4) is 0 Å². The number of hydrogen-bond acceptors (Lipinski definition) is 7. The monoisotopic (exact) mass is 493 g/mol. The summed E-state index contributed by atoms with van der Waals surface area (Å²) in [5.41, 5.74) is -5.65. The molecule has 7 nitrogen and oxygen atoms in total. The molecule has 1 aromatic heterocycles. The number of halogens is 3. The van der Waals surface area contributed by atoms with Crippen LogP contribution in [0.15, 0.2) is 11.6 Å². The molecular formula is C17H30F3NO6S2Si. The summed E-state index contributed by atoms with van der Waals surface area (Å²) in [7, 11) is -5.93. The van der Waals surface area contributed by atoms with Gasteiger partial charge in [0.15, 0.2) is 36.5 Å². The van der Waals surface area contributed by atoms with E-state index < -0.39 is 29.7 Å². The molecule has 1 fully saturated rings. The van der Waals surface area contributed by atoms with Gasteiger partial charge in [-0.25, -0.2) is 8.42 Å². The zero-order valence-electron chi connectivity index (χ0n) is 18.4. The summed E-state index contributed by atoms with van der Waals surface area (Å²) in [6, 6.07) is 0. The highest BCUT2D eigenvalue weighted by molar-refractivity contribution is 7.86. The normalized spacial score (nSPS) is 21.1. The van der Waals surface area contributed by atoms with Crippen molar-refractivity contribution >= 4 is 29.8 Å². The highest BCUT2D eigenvalue weighted by Crippen LogP contribution is 2.42. The summed E-state index contributed by atoms with van der Waals surface area (Å²) in [6.45, 7) is 15.9. The largest absolute Gasteiger partial charge is 0.741 e. The Morgan fingerprint density at radius 3 is 2.13 bits per heavy atom. The summed E-state index contributed by atoms with van der Waals surface area (Å²) >= 11 is 1.72. The van der Waals surface area contributed by atoms with Crippen molar-refractivity contribution in [3.63, 3.8) is 0 Å². The average molecular weight is 494 g/mol. The number of alkyl halides is 3. The second kappa shape index (κ2) is 9.12. The van der Waals surface area contributed by atoms with Gasteiger partial charge in [-0.15, -0.1) is 0 Å². The maximum atomic E-state index is 10.7. The lowest BCUT2D eigenvalue weighted by molar-refractivity contribution is -0.677. The molecule has 0 spiro atoms. The van der Waals surface area contributed by atoms with Crippen LogP contribution in [0.1, 0.15) is 45.7 Å². The minimum Gasteiger partial charge on any atom is -0.741 e. The number of aryl methyl sites for hydroxylation is 1. The Kier molecular flexibility index (Phi) is 8.35. The molecule has 1 saturated heterocycles. The third-order valence-corrected chi connectivity index (χ3v) is 11.0. The molecule has 0 bridgehead atoms. The third kappa shape index (κ3) is 7.24. The first-order valence-corrected chi connectivity index (χ1v) is 14.3. The van der Waals surface area contributed by atoms with E-state index in [1.807, 2.05) is 13.8 Å². The predicted molar refractivity (Wildman–Crippen MR) is 107 cm³/mol. The molecular weight excluding hydrogens is 463 g/mol. The van der Waals surface area contributed by atoms with Crippen molar-refractivity contribution in [2.75, 3.05) is 6.61 Å². The van der Waals surface area contributed by atoms with E-state index in [-0.39, 0.29) is 17.2 Å². The Labute approximate surface area is 181 Å². The first kappa shape index (κ1) is 27.5. The van der Waals surface area contributed by atoms with E-state index in [1.165, 1.54) is 5.01 Å². The van der Waals surface area contributed by atoms with Gasteiger partial charge >= 0.3 is 5.51 Å². The van der Waals surface area contributed by atoms with Gasteiger partial charge in [0.05, 0.1) is 12.0 Å². The van der Waals surface area contributed by atoms with Gasteiger partial charge in [-0.2, -0.15) is 17.7 Å². The number of rotatable bonds is 4. The van der Waals surface area contributed by atoms with Crippen molar-refractivity contribution < 1.29 is 44.6 Å². The molecule has 2 atom stereocenters. The Bertz CT molecular complexity index is 818. The number of thiazole rings is 1. The van der Waals surface area contributed by atoms with Crippen molar-refractivity contribution in [3.8, 4) is 0 Å². The highest BCUT2D eigenvalue weighted by Gasteiger charge is 2.47. The quantitative estimate of drug-likeness (QED) is 0.274. The highest BCUT2D eigenvalue weighted by atomic mass is 32.2. The molecule has 13 heteroatoms. The molecule has 1 aromatic rings. The minimum absolute atomic E-state index is 0.0611. The van der Waals surface area contributed by atoms with Crippen LogP contribution in [-0.4, -0.2) is 45.3 Å². The topological polar surface area (TPSA) is 88.8 Å². The Balaban J connectivity index is 0.000000479. The molecule has 0 unspecified atom stereocenters. The maximum absolute atomic E-state index is 10.7. The molecule has 0 radical (unpaired) electrons. The lowest BCUT2D eigenvalue weighted by atomic mass is 10.2. The third-order valence-electron chi connectivity index (χ3n) is 4.94. The number of nitrogens with zero attached hydrogens (tertiary/aromatic N) is 1. The Morgan fingerprint density at radius 1 is 1.33 bits per heavy atom. The van der Waals surface area contributed by atoms with E-state index in [1.54, 1.807) is 11.3 Å². The van der Waals surface area contributed by atoms with Gasteiger partial charge < -0.3 is 18.5 Å². The number of aromatic nitrogens is 1. The van der Waals surface area contributed by atoms with E-state index >= 15 is 0 Å². The standard InChI is InChI=1S/C16H30NO3SSi.CHF3O3S/c1-15(2,3)22(7,8)20-13(14-17(6)9-10-21-14)12-11-18-16(4,5)19-12;2-1(3,4)8(5,6)7/h9-10,12-13H,11H2,1-8H3;(H,5,6,7)/q+1;/p-1/t12-,13-;/m1./s1. The molecule has 0 aliphatic carbocycles. The fourth-order valence-corrected chi connectivity index (χ4v) is 4.54. The summed E-state index contributed by atoms with van der Waals surface area (Å²) in [5, 5.41) is 3.45. The SMILES string of the molecule is C[n+]1ccsc1[C@H](O[Si](C)(C)C(C)(C)C)[C@H]1COC(C)(C)O1.O=S(=O)([O-])C(F)(F)F. The van der Waals surface area contributed by atoms with Crippen molar-refractivity contribution in [2.24, 2.45) is 7.05 Å². The van der Waals surface area contributed by atoms with Crippen molar-refractivity contribution in [1.29, 1.82) is 0 Å². The molecule has 2 heterocycles. The van der Waals surface area contributed by atoms with Gasteiger partial charge in [0, 0.05) is 0 Å². The van der Waals surface area contributed by atoms with Gasteiger partial charge in [-0.1, -0.05) is 32.1 Å². The molecule has 30 heavy (non-hydrogen) atoms. The minimum atomic E-state index is -6.09.